The number of rotatable bonds is 2. The zero-order chi connectivity index (χ0) is 11.7. The number of aromatic nitrogens is 2. The molecule has 0 saturated carbocycles. The van der Waals surface area contributed by atoms with Gasteiger partial charge in [-0.2, -0.15) is 0 Å². The molecular weight excluding hydrogens is 238 g/mol. The van der Waals surface area contributed by atoms with E-state index in [1.165, 1.54) is 0 Å². The number of hydrogen-bond acceptors (Lipinski definition) is 3. The number of ether oxygens (including phenoxy) is 1. The van der Waals surface area contributed by atoms with E-state index in [2.05, 4.69) is 9.88 Å². The quantitative estimate of drug-likeness (QED) is 0.763. The van der Waals surface area contributed by atoms with Gasteiger partial charge in [0.25, 0.3) is 0 Å². The van der Waals surface area contributed by atoms with Crippen molar-refractivity contribution in [1.82, 2.24) is 14.3 Å². The van der Waals surface area contributed by atoms with Crippen molar-refractivity contribution in [3.63, 3.8) is 0 Å². The van der Waals surface area contributed by atoms with Crippen LogP contribution < -0.4 is 0 Å². The van der Waals surface area contributed by atoms with Gasteiger partial charge < -0.3 is 4.74 Å². The average Bonchev–Trinajstić information content (AvgIpc) is 2.75. The average molecular weight is 252 g/mol. The smallest absolute Gasteiger partial charge is 0.138 e. The molecule has 3 heterocycles. The maximum atomic E-state index is 6.20. The molecule has 1 fully saturated rings. The van der Waals surface area contributed by atoms with Gasteiger partial charge in [-0.3, -0.25) is 9.30 Å². The first-order chi connectivity index (χ1) is 8.34. The maximum Gasteiger partial charge on any atom is 0.138 e. The fourth-order valence-corrected chi connectivity index (χ4v) is 2.42. The fourth-order valence-electron chi connectivity index (χ4n) is 2.16. The Morgan fingerprint density at radius 1 is 1.29 bits per heavy atom. The molecule has 4 nitrogen and oxygen atoms in total. The van der Waals surface area contributed by atoms with E-state index in [-0.39, 0.29) is 0 Å². The first kappa shape index (κ1) is 11.0. The Balaban J connectivity index is 1.89. The summed E-state index contributed by atoms with van der Waals surface area (Å²) in [7, 11) is 0. The number of imidazole rings is 1. The van der Waals surface area contributed by atoms with Crippen molar-refractivity contribution in [2.45, 2.75) is 6.54 Å². The van der Waals surface area contributed by atoms with Crippen molar-refractivity contribution in [2.24, 2.45) is 0 Å². The zero-order valence-corrected chi connectivity index (χ0v) is 10.2. The second kappa shape index (κ2) is 4.64. The van der Waals surface area contributed by atoms with E-state index in [0.717, 1.165) is 44.2 Å². The van der Waals surface area contributed by atoms with E-state index in [9.17, 15) is 0 Å². The van der Waals surface area contributed by atoms with E-state index in [0.29, 0.717) is 5.15 Å². The third-order valence-corrected chi connectivity index (χ3v) is 3.34. The monoisotopic (exact) mass is 251 g/mol. The Hall–Kier alpha value is -1.10. The van der Waals surface area contributed by atoms with Gasteiger partial charge in [0, 0.05) is 19.6 Å². The van der Waals surface area contributed by atoms with Crippen molar-refractivity contribution in [3.05, 3.63) is 35.2 Å². The molecule has 17 heavy (non-hydrogen) atoms. The lowest BCUT2D eigenvalue weighted by Crippen LogP contribution is -2.35. The van der Waals surface area contributed by atoms with Crippen LogP contribution in [0.1, 0.15) is 5.69 Å². The second-order valence-electron chi connectivity index (χ2n) is 4.18. The number of nitrogens with zero attached hydrogens (tertiary/aromatic N) is 3. The number of hydrogen-bond donors (Lipinski definition) is 0. The number of halogens is 1. The Bertz CT molecular complexity index is 519. The van der Waals surface area contributed by atoms with Crippen molar-refractivity contribution in [3.8, 4) is 0 Å². The Kier molecular flexibility index (Phi) is 3.01. The third kappa shape index (κ3) is 2.16. The summed E-state index contributed by atoms with van der Waals surface area (Å²) in [4.78, 5) is 6.72. The third-order valence-electron chi connectivity index (χ3n) is 3.04. The largest absolute Gasteiger partial charge is 0.379 e. The summed E-state index contributed by atoms with van der Waals surface area (Å²) in [5, 5.41) is 0.711. The number of morpholine rings is 1. The van der Waals surface area contributed by atoms with Crippen molar-refractivity contribution in [1.29, 1.82) is 0 Å². The minimum absolute atomic E-state index is 0.711. The molecule has 2 aromatic rings. The van der Waals surface area contributed by atoms with Gasteiger partial charge in [0.1, 0.15) is 10.8 Å². The van der Waals surface area contributed by atoms with Crippen LogP contribution in [0.3, 0.4) is 0 Å². The molecule has 0 N–H and O–H groups in total. The van der Waals surface area contributed by atoms with Crippen LogP contribution in [0.5, 0.6) is 0 Å². The van der Waals surface area contributed by atoms with Crippen LogP contribution in [0.4, 0.5) is 0 Å². The molecule has 1 saturated heterocycles. The highest BCUT2D eigenvalue weighted by Gasteiger charge is 2.13. The Morgan fingerprint density at radius 3 is 2.94 bits per heavy atom. The van der Waals surface area contributed by atoms with Crippen LogP contribution in [-0.2, 0) is 11.3 Å². The van der Waals surface area contributed by atoms with Gasteiger partial charge >= 0.3 is 0 Å². The topological polar surface area (TPSA) is 29.8 Å². The van der Waals surface area contributed by atoms with E-state index in [1.54, 1.807) is 0 Å². The molecule has 0 aromatic carbocycles. The molecule has 0 amide bonds. The summed E-state index contributed by atoms with van der Waals surface area (Å²) in [6, 6.07) is 5.77. The van der Waals surface area contributed by atoms with Gasteiger partial charge in [-0.15, -0.1) is 0 Å². The molecule has 0 spiro atoms. The first-order valence-electron chi connectivity index (χ1n) is 5.75. The van der Waals surface area contributed by atoms with Crippen LogP contribution in [0.15, 0.2) is 24.4 Å². The molecule has 0 atom stereocenters. The minimum atomic E-state index is 0.711. The highest BCUT2D eigenvalue weighted by Crippen LogP contribution is 2.16. The van der Waals surface area contributed by atoms with Gasteiger partial charge in [-0.25, -0.2) is 4.98 Å². The summed E-state index contributed by atoms with van der Waals surface area (Å²) in [6.45, 7) is 4.43. The van der Waals surface area contributed by atoms with Gasteiger partial charge in [0.05, 0.1) is 25.1 Å². The highest BCUT2D eigenvalue weighted by atomic mass is 35.5. The number of fused-ring (bicyclic) bond motifs is 1. The van der Waals surface area contributed by atoms with Crippen LogP contribution in [-0.4, -0.2) is 40.6 Å². The fraction of sp³-hybridized carbons (Fsp3) is 0.417. The van der Waals surface area contributed by atoms with E-state index in [4.69, 9.17) is 16.3 Å². The molecule has 1 aliphatic heterocycles. The SMILES string of the molecule is Clc1cccc2ncc(CN3CCOCC3)n12. The summed E-state index contributed by atoms with van der Waals surface area (Å²) in [5.74, 6) is 0. The molecule has 5 heteroatoms. The molecule has 3 rings (SSSR count). The predicted molar refractivity (Wildman–Crippen MR) is 66.3 cm³/mol. The summed E-state index contributed by atoms with van der Waals surface area (Å²) < 4.78 is 7.34. The molecule has 90 valence electrons. The van der Waals surface area contributed by atoms with Crippen LogP contribution in [0.25, 0.3) is 5.65 Å². The summed E-state index contributed by atoms with van der Waals surface area (Å²) >= 11 is 6.20. The molecule has 2 aromatic heterocycles. The molecule has 0 radical (unpaired) electrons. The van der Waals surface area contributed by atoms with Crippen LogP contribution in [0.2, 0.25) is 5.15 Å². The van der Waals surface area contributed by atoms with Crippen LogP contribution >= 0.6 is 11.6 Å². The lowest BCUT2D eigenvalue weighted by atomic mass is 10.3. The van der Waals surface area contributed by atoms with Gasteiger partial charge in [0.15, 0.2) is 0 Å². The zero-order valence-electron chi connectivity index (χ0n) is 9.47. The number of pyridine rings is 1. The van der Waals surface area contributed by atoms with E-state index >= 15 is 0 Å². The van der Waals surface area contributed by atoms with Gasteiger partial charge in [-0.1, -0.05) is 17.7 Å². The maximum absolute atomic E-state index is 6.20. The van der Waals surface area contributed by atoms with Crippen molar-refractivity contribution >= 4 is 17.2 Å². The lowest BCUT2D eigenvalue weighted by molar-refractivity contribution is 0.0335. The molecule has 1 aliphatic rings. The van der Waals surface area contributed by atoms with Crippen LogP contribution in [0, 0.1) is 0 Å². The minimum Gasteiger partial charge on any atom is -0.379 e. The van der Waals surface area contributed by atoms with Gasteiger partial charge in [0.2, 0.25) is 0 Å². The van der Waals surface area contributed by atoms with E-state index in [1.807, 2.05) is 28.8 Å². The summed E-state index contributed by atoms with van der Waals surface area (Å²) in [5.41, 5.74) is 2.04. The first-order valence-corrected chi connectivity index (χ1v) is 6.13. The lowest BCUT2D eigenvalue weighted by Gasteiger charge is -2.26. The molecule has 0 unspecified atom stereocenters. The molecule has 0 aliphatic carbocycles. The molecular formula is C12H14ClN3O. The second-order valence-corrected chi connectivity index (χ2v) is 4.57. The summed E-state index contributed by atoms with van der Waals surface area (Å²) in [6.07, 6.45) is 1.90. The Morgan fingerprint density at radius 2 is 2.12 bits per heavy atom. The van der Waals surface area contributed by atoms with Gasteiger partial charge in [-0.05, 0) is 12.1 Å². The van der Waals surface area contributed by atoms with Crippen molar-refractivity contribution in [2.75, 3.05) is 26.3 Å². The van der Waals surface area contributed by atoms with E-state index < -0.39 is 0 Å². The molecule has 0 bridgehead atoms. The Labute approximate surface area is 105 Å². The normalized spacial score (nSPS) is 17.7. The highest BCUT2D eigenvalue weighted by molar-refractivity contribution is 6.29. The predicted octanol–water partition coefficient (Wildman–Crippen LogP) is 1.82. The van der Waals surface area contributed by atoms with Crippen molar-refractivity contribution < 1.29 is 4.74 Å². The standard InChI is InChI=1S/C12H14ClN3O/c13-11-2-1-3-12-14-8-10(16(11)12)9-15-4-6-17-7-5-15/h1-3,8H,4-7,9H2.